The van der Waals surface area contributed by atoms with Crippen molar-refractivity contribution >= 4 is 28.4 Å². The zero-order chi connectivity index (χ0) is 20.5. The quantitative estimate of drug-likeness (QED) is 0.540. The number of carbonyl (C=O) groups excluding carboxylic acids is 2. The van der Waals surface area contributed by atoms with Crippen LogP contribution in [0.2, 0.25) is 0 Å². The molecule has 3 aromatic heterocycles. The molecule has 4 rings (SSSR count). The molecule has 9 nitrogen and oxygen atoms in total. The largest absolute Gasteiger partial charge is 0.364 e. The Kier molecular flexibility index (Phi) is 4.55. The van der Waals surface area contributed by atoms with E-state index < -0.39 is 5.91 Å². The second-order valence-corrected chi connectivity index (χ2v) is 6.70. The van der Waals surface area contributed by atoms with Crippen LogP contribution >= 0.6 is 0 Å². The van der Waals surface area contributed by atoms with Crippen LogP contribution in [-0.2, 0) is 13.6 Å². The molecule has 2 amide bonds. The van der Waals surface area contributed by atoms with Crippen LogP contribution < -0.4 is 11.1 Å². The van der Waals surface area contributed by atoms with Gasteiger partial charge in [0.25, 0.3) is 11.8 Å². The third kappa shape index (κ3) is 3.70. The van der Waals surface area contributed by atoms with E-state index in [0.717, 1.165) is 5.69 Å². The molecule has 0 saturated carbocycles. The Bertz CT molecular complexity index is 1240. The number of hydrogen-bond acceptors (Lipinski definition) is 5. The van der Waals surface area contributed by atoms with Crippen LogP contribution in [-0.4, -0.2) is 36.4 Å². The van der Waals surface area contributed by atoms with E-state index in [0.29, 0.717) is 34.4 Å². The topological polar surface area (TPSA) is 121 Å². The van der Waals surface area contributed by atoms with Gasteiger partial charge in [-0.2, -0.15) is 10.2 Å². The highest BCUT2D eigenvalue weighted by atomic mass is 16.2. The van der Waals surface area contributed by atoms with Gasteiger partial charge in [-0.3, -0.25) is 19.0 Å². The molecule has 146 valence electrons. The predicted molar refractivity (Wildman–Crippen MR) is 107 cm³/mol. The number of rotatable bonds is 5. The molecule has 0 aliphatic carbocycles. The molecule has 4 aromatic rings. The molecule has 0 aliphatic heterocycles. The number of fused-ring (bicyclic) bond motifs is 1. The fourth-order valence-electron chi connectivity index (χ4n) is 3.11. The molecule has 3 N–H and O–H groups in total. The molecule has 0 atom stereocenters. The normalized spacial score (nSPS) is 11.0. The zero-order valence-electron chi connectivity index (χ0n) is 16.0. The lowest BCUT2D eigenvalue weighted by atomic mass is 10.1. The van der Waals surface area contributed by atoms with Gasteiger partial charge in [-0.15, -0.1) is 0 Å². The first-order chi connectivity index (χ1) is 13.9. The first kappa shape index (κ1) is 18.4. The van der Waals surface area contributed by atoms with E-state index in [1.54, 1.807) is 39.8 Å². The Labute approximate surface area is 166 Å². The van der Waals surface area contributed by atoms with E-state index in [2.05, 4.69) is 20.5 Å². The Balaban J connectivity index is 1.64. The lowest BCUT2D eigenvalue weighted by Gasteiger charge is -2.08. The summed E-state index contributed by atoms with van der Waals surface area (Å²) in [5.74, 6) is -1.06. The minimum absolute atomic E-state index is 0.0384. The predicted octanol–water partition coefficient (Wildman–Crippen LogP) is 1.87. The number of primary amides is 1. The van der Waals surface area contributed by atoms with Crippen molar-refractivity contribution < 1.29 is 9.59 Å². The highest BCUT2D eigenvalue weighted by Gasteiger charge is 2.17. The summed E-state index contributed by atoms with van der Waals surface area (Å²) >= 11 is 0. The number of aromatic nitrogens is 5. The van der Waals surface area contributed by atoms with Crippen molar-refractivity contribution in [2.75, 3.05) is 5.32 Å². The number of hydrogen-bond donors (Lipinski definition) is 2. The summed E-state index contributed by atoms with van der Waals surface area (Å²) in [6, 6.07) is 10.4. The number of nitrogens with one attached hydrogen (secondary N) is 1. The Morgan fingerprint density at radius 2 is 1.97 bits per heavy atom. The van der Waals surface area contributed by atoms with Crippen LogP contribution in [0.4, 0.5) is 5.69 Å². The van der Waals surface area contributed by atoms with Crippen LogP contribution in [0.3, 0.4) is 0 Å². The number of carbonyl (C=O) groups is 2. The lowest BCUT2D eigenvalue weighted by Crippen LogP contribution is -2.17. The minimum Gasteiger partial charge on any atom is -0.364 e. The van der Waals surface area contributed by atoms with Gasteiger partial charge in [0.05, 0.1) is 34.7 Å². The van der Waals surface area contributed by atoms with Gasteiger partial charge in [0.1, 0.15) is 5.69 Å². The molecule has 0 radical (unpaired) electrons. The van der Waals surface area contributed by atoms with Crippen LogP contribution in [0.15, 0.2) is 48.8 Å². The number of aryl methyl sites for hydroxylation is 2. The number of amides is 2. The summed E-state index contributed by atoms with van der Waals surface area (Å²) in [7, 11) is 1.85. The third-order valence-electron chi connectivity index (χ3n) is 4.50. The Morgan fingerprint density at radius 3 is 2.69 bits per heavy atom. The molecule has 0 spiro atoms. The van der Waals surface area contributed by atoms with Crippen molar-refractivity contribution in [2.24, 2.45) is 12.8 Å². The van der Waals surface area contributed by atoms with Crippen LogP contribution in [0.25, 0.3) is 10.9 Å². The third-order valence-corrected chi connectivity index (χ3v) is 4.50. The van der Waals surface area contributed by atoms with Crippen molar-refractivity contribution in [3.63, 3.8) is 0 Å². The Morgan fingerprint density at radius 1 is 1.17 bits per heavy atom. The van der Waals surface area contributed by atoms with E-state index in [9.17, 15) is 9.59 Å². The Hall–Kier alpha value is -4.01. The zero-order valence-corrected chi connectivity index (χ0v) is 16.0. The monoisotopic (exact) mass is 389 g/mol. The molecule has 29 heavy (non-hydrogen) atoms. The number of pyridine rings is 1. The summed E-state index contributed by atoms with van der Waals surface area (Å²) in [5, 5.41) is 12.3. The molecular weight excluding hydrogens is 370 g/mol. The van der Waals surface area contributed by atoms with Crippen molar-refractivity contribution in [3.05, 3.63) is 71.4 Å². The molecule has 0 fully saturated rings. The second-order valence-electron chi connectivity index (χ2n) is 6.70. The van der Waals surface area contributed by atoms with E-state index in [1.165, 1.54) is 6.07 Å². The van der Waals surface area contributed by atoms with Crippen molar-refractivity contribution in [1.29, 1.82) is 0 Å². The molecule has 0 aliphatic rings. The van der Waals surface area contributed by atoms with Gasteiger partial charge >= 0.3 is 0 Å². The van der Waals surface area contributed by atoms with Crippen LogP contribution in [0, 0.1) is 6.92 Å². The van der Waals surface area contributed by atoms with Crippen molar-refractivity contribution in [3.8, 4) is 0 Å². The lowest BCUT2D eigenvalue weighted by molar-refractivity contribution is 0.0996. The van der Waals surface area contributed by atoms with E-state index >= 15 is 0 Å². The fourth-order valence-corrected chi connectivity index (χ4v) is 3.11. The fraction of sp³-hybridized carbons (Fsp3) is 0.150. The van der Waals surface area contributed by atoms with E-state index in [-0.39, 0.29) is 11.6 Å². The number of nitrogens with two attached hydrogens (primary N) is 1. The van der Waals surface area contributed by atoms with E-state index in [4.69, 9.17) is 5.73 Å². The number of benzene rings is 1. The molecule has 1 aromatic carbocycles. The first-order valence-electron chi connectivity index (χ1n) is 8.94. The summed E-state index contributed by atoms with van der Waals surface area (Å²) in [6.45, 7) is 2.30. The van der Waals surface area contributed by atoms with Crippen LogP contribution in [0.5, 0.6) is 0 Å². The SMILES string of the molecule is Cc1nn(Cc2ccn(C)n2)cc1NC(=O)c1cc(C(N)=O)nc2ccccc12. The standard InChI is InChI=1S/C20H19N7O2/c1-12-18(11-27(24-12)10-13-7-8-26(2)25-13)23-20(29)15-9-17(19(21)28)22-16-6-4-3-5-14(15)16/h3-9,11H,10H2,1-2H3,(H2,21,28)(H,23,29). The van der Waals surface area contributed by atoms with Gasteiger partial charge in [0, 0.05) is 24.8 Å². The highest BCUT2D eigenvalue weighted by molar-refractivity contribution is 6.13. The van der Waals surface area contributed by atoms with Crippen LogP contribution in [0.1, 0.15) is 32.2 Å². The van der Waals surface area contributed by atoms with Gasteiger partial charge in [-0.1, -0.05) is 18.2 Å². The maximum atomic E-state index is 13.0. The smallest absolute Gasteiger partial charge is 0.267 e. The summed E-state index contributed by atoms with van der Waals surface area (Å²) in [5.41, 5.74) is 8.36. The highest BCUT2D eigenvalue weighted by Crippen LogP contribution is 2.21. The van der Waals surface area contributed by atoms with Gasteiger partial charge in [0.2, 0.25) is 0 Å². The first-order valence-corrected chi connectivity index (χ1v) is 8.94. The van der Waals surface area contributed by atoms with Gasteiger partial charge in [0.15, 0.2) is 0 Å². The molecule has 9 heteroatoms. The maximum absolute atomic E-state index is 13.0. The number of para-hydroxylation sites is 1. The summed E-state index contributed by atoms with van der Waals surface area (Å²) in [6.07, 6.45) is 3.61. The minimum atomic E-state index is -0.691. The summed E-state index contributed by atoms with van der Waals surface area (Å²) in [4.78, 5) is 28.8. The molecular formula is C20H19N7O2. The molecule has 0 bridgehead atoms. The average Bonchev–Trinajstić information content (AvgIpc) is 3.25. The number of anilines is 1. The second kappa shape index (κ2) is 7.19. The average molecular weight is 389 g/mol. The van der Waals surface area contributed by atoms with Gasteiger partial charge in [-0.05, 0) is 25.1 Å². The number of nitrogens with zero attached hydrogens (tertiary/aromatic N) is 5. The molecule has 3 heterocycles. The van der Waals surface area contributed by atoms with Gasteiger partial charge in [-0.25, -0.2) is 4.98 Å². The van der Waals surface area contributed by atoms with E-state index in [1.807, 2.05) is 26.2 Å². The molecule has 0 saturated heterocycles. The summed E-state index contributed by atoms with van der Waals surface area (Å²) < 4.78 is 3.44. The molecule has 0 unspecified atom stereocenters. The van der Waals surface area contributed by atoms with Gasteiger partial charge < -0.3 is 11.1 Å². The van der Waals surface area contributed by atoms with Crippen molar-refractivity contribution in [2.45, 2.75) is 13.5 Å². The maximum Gasteiger partial charge on any atom is 0.267 e. The van der Waals surface area contributed by atoms with Crippen molar-refractivity contribution in [1.82, 2.24) is 24.5 Å².